The normalized spacial score (nSPS) is 10.1. The van der Waals surface area contributed by atoms with E-state index in [-0.39, 0.29) is 17.2 Å². The number of nitrogens with zero attached hydrogens (tertiary/aromatic N) is 3. The number of carbonyl (C=O) groups is 1. The van der Waals surface area contributed by atoms with Crippen LogP contribution in [-0.4, -0.2) is 50.0 Å². The van der Waals surface area contributed by atoms with Crippen LogP contribution in [0.2, 0.25) is 0 Å². The molecule has 116 valence electrons. The number of carbonyl (C=O) groups excluding carboxylic acids is 1. The Morgan fingerprint density at radius 2 is 1.86 bits per heavy atom. The van der Waals surface area contributed by atoms with Crippen molar-refractivity contribution in [2.75, 3.05) is 39.2 Å². The lowest BCUT2D eigenvalue weighted by Crippen LogP contribution is -2.31. The molecular formula is C14H21N3O4. The van der Waals surface area contributed by atoms with Gasteiger partial charge >= 0.3 is 0 Å². The fourth-order valence-electron chi connectivity index (χ4n) is 2.08. The van der Waals surface area contributed by atoms with Gasteiger partial charge in [0.1, 0.15) is 11.4 Å². The standard InChI is InChI=1S/C14H21N3O4/c1-6-16(7-2)14(18)10-8-12(17(19)20)11(15(3)4)9-13(10)21-5/h8-9H,6-7H2,1-5H3. The second-order valence-corrected chi connectivity index (χ2v) is 4.67. The van der Waals surface area contributed by atoms with Crippen LogP contribution < -0.4 is 9.64 Å². The van der Waals surface area contributed by atoms with Crippen molar-refractivity contribution in [3.63, 3.8) is 0 Å². The minimum Gasteiger partial charge on any atom is -0.496 e. The number of hydrogen-bond donors (Lipinski definition) is 0. The van der Waals surface area contributed by atoms with E-state index in [0.29, 0.717) is 24.5 Å². The first kappa shape index (κ1) is 16.7. The SMILES string of the molecule is CCN(CC)C(=O)c1cc([N+](=O)[O-])c(N(C)C)cc1OC. The van der Waals surface area contributed by atoms with Crippen molar-refractivity contribution in [3.05, 3.63) is 27.8 Å². The second kappa shape index (κ2) is 6.92. The largest absolute Gasteiger partial charge is 0.496 e. The molecule has 1 aromatic carbocycles. The Morgan fingerprint density at radius 1 is 1.29 bits per heavy atom. The van der Waals surface area contributed by atoms with E-state index in [9.17, 15) is 14.9 Å². The Balaban J connectivity index is 3.48. The zero-order valence-electron chi connectivity index (χ0n) is 13.0. The van der Waals surface area contributed by atoms with Crippen LogP contribution in [0.3, 0.4) is 0 Å². The molecule has 21 heavy (non-hydrogen) atoms. The molecule has 0 aliphatic carbocycles. The Hall–Kier alpha value is -2.31. The quantitative estimate of drug-likeness (QED) is 0.593. The Labute approximate surface area is 124 Å². The molecule has 0 saturated heterocycles. The maximum absolute atomic E-state index is 12.5. The summed E-state index contributed by atoms with van der Waals surface area (Å²) in [7, 11) is 4.85. The fraction of sp³-hybridized carbons (Fsp3) is 0.500. The molecule has 0 saturated carbocycles. The highest BCUT2D eigenvalue weighted by molar-refractivity contribution is 5.98. The molecule has 1 amide bonds. The molecule has 1 rings (SSSR count). The third-order valence-electron chi connectivity index (χ3n) is 3.26. The van der Waals surface area contributed by atoms with E-state index in [1.165, 1.54) is 19.2 Å². The highest BCUT2D eigenvalue weighted by Gasteiger charge is 2.25. The van der Waals surface area contributed by atoms with E-state index in [1.54, 1.807) is 23.9 Å². The maximum atomic E-state index is 12.5. The fourth-order valence-corrected chi connectivity index (χ4v) is 2.08. The van der Waals surface area contributed by atoms with Crippen LogP contribution >= 0.6 is 0 Å². The summed E-state index contributed by atoms with van der Waals surface area (Å²) in [4.78, 5) is 26.4. The molecule has 0 aromatic heterocycles. The third-order valence-corrected chi connectivity index (χ3v) is 3.26. The summed E-state index contributed by atoms with van der Waals surface area (Å²) in [5.74, 6) is 0.0615. The van der Waals surface area contributed by atoms with Gasteiger partial charge in [-0.3, -0.25) is 14.9 Å². The van der Waals surface area contributed by atoms with E-state index in [4.69, 9.17) is 4.74 Å². The minimum atomic E-state index is -0.492. The van der Waals surface area contributed by atoms with Gasteiger partial charge in [-0.2, -0.15) is 0 Å². The molecule has 7 heteroatoms. The van der Waals surface area contributed by atoms with Gasteiger partial charge in [-0.1, -0.05) is 0 Å². The van der Waals surface area contributed by atoms with Gasteiger partial charge in [0.05, 0.1) is 17.6 Å². The minimum absolute atomic E-state index is 0.115. The number of nitro benzene ring substituents is 1. The van der Waals surface area contributed by atoms with Crippen LogP contribution in [0.4, 0.5) is 11.4 Å². The van der Waals surface area contributed by atoms with Crippen molar-refractivity contribution in [3.8, 4) is 5.75 Å². The molecule has 0 spiro atoms. The summed E-state index contributed by atoms with van der Waals surface area (Å²) < 4.78 is 5.23. The molecule has 0 bridgehead atoms. The summed E-state index contributed by atoms with van der Waals surface area (Å²) in [6.45, 7) is 4.77. The molecule has 0 aliphatic rings. The topological polar surface area (TPSA) is 75.9 Å². The second-order valence-electron chi connectivity index (χ2n) is 4.67. The lowest BCUT2D eigenvalue weighted by atomic mass is 10.1. The van der Waals surface area contributed by atoms with Crippen LogP contribution in [-0.2, 0) is 0 Å². The van der Waals surface area contributed by atoms with Crippen molar-refractivity contribution in [1.82, 2.24) is 4.90 Å². The lowest BCUT2D eigenvalue weighted by Gasteiger charge is -2.21. The lowest BCUT2D eigenvalue weighted by molar-refractivity contribution is -0.384. The summed E-state index contributed by atoms with van der Waals surface area (Å²) in [5.41, 5.74) is 0.489. The molecule has 0 atom stereocenters. The van der Waals surface area contributed by atoms with E-state index < -0.39 is 4.92 Å². The number of rotatable bonds is 6. The van der Waals surface area contributed by atoms with Gasteiger partial charge in [-0.15, -0.1) is 0 Å². The van der Waals surface area contributed by atoms with Gasteiger partial charge in [0.2, 0.25) is 0 Å². The first-order valence-electron chi connectivity index (χ1n) is 6.70. The zero-order chi connectivity index (χ0) is 16.2. The van der Waals surface area contributed by atoms with Gasteiger partial charge in [-0.25, -0.2) is 0 Å². The van der Waals surface area contributed by atoms with Gasteiger partial charge in [0.25, 0.3) is 11.6 Å². The predicted molar refractivity (Wildman–Crippen MR) is 81.2 cm³/mol. The predicted octanol–water partition coefficient (Wildman–Crippen LogP) is 2.15. The maximum Gasteiger partial charge on any atom is 0.293 e. The summed E-state index contributed by atoms with van der Waals surface area (Å²) in [5, 5.41) is 11.2. The van der Waals surface area contributed by atoms with Crippen molar-refractivity contribution in [1.29, 1.82) is 0 Å². The number of hydrogen-bond acceptors (Lipinski definition) is 5. The highest BCUT2D eigenvalue weighted by Crippen LogP contribution is 2.34. The smallest absolute Gasteiger partial charge is 0.293 e. The monoisotopic (exact) mass is 295 g/mol. The van der Waals surface area contributed by atoms with E-state index >= 15 is 0 Å². The molecule has 0 unspecified atom stereocenters. The molecule has 1 aromatic rings. The van der Waals surface area contributed by atoms with Gasteiger partial charge in [-0.05, 0) is 13.8 Å². The number of nitro groups is 1. The van der Waals surface area contributed by atoms with Crippen molar-refractivity contribution >= 4 is 17.3 Å². The van der Waals surface area contributed by atoms with Crippen LogP contribution in [0.25, 0.3) is 0 Å². The van der Waals surface area contributed by atoms with E-state index in [2.05, 4.69) is 0 Å². The molecule has 0 N–H and O–H groups in total. The van der Waals surface area contributed by atoms with E-state index in [0.717, 1.165) is 0 Å². The molecule has 7 nitrogen and oxygen atoms in total. The van der Waals surface area contributed by atoms with Gasteiger partial charge in [0, 0.05) is 39.3 Å². The Bertz CT molecular complexity index is 539. The number of ether oxygens (including phenoxy) is 1. The Morgan fingerprint density at radius 3 is 2.24 bits per heavy atom. The number of methoxy groups -OCH3 is 1. The third kappa shape index (κ3) is 3.42. The molecule has 0 aliphatic heterocycles. The first-order chi connectivity index (χ1) is 9.87. The van der Waals surface area contributed by atoms with Crippen LogP contribution in [0.5, 0.6) is 5.75 Å². The summed E-state index contributed by atoms with van der Waals surface area (Å²) in [6, 6.07) is 2.81. The van der Waals surface area contributed by atoms with Crippen molar-refractivity contribution < 1.29 is 14.5 Å². The van der Waals surface area contributed by atoms with E-state index in [1.807, 2.05) is 13.8 Å². The number of anilines is 1. The van der Waals surface area contributed by atoms with Crippen molar-refractivity contribution in [2.45, 2.75) is 13.8 Å². The summed E-state index contributed by atoms with van der Waals surface area (Å²) >= 11 is 0. The van der Waals surface area contributed by atoms with Gasteiger partial charge < -0.3 is 14.5 Å². The van der Waals surface area contributed by atoms with Crippen LogP contribution in [0, 0.1) is 10.1 Å². The molecular weight excluding hydrogens is 274 g/mol. The van der Waals surface area contributed by atoms with Gasteiger partial charge in [0.15, 0.2) is 0 Å². The first-order valence-corrected chi connectivity index (χ1v) is 6.70. The number of benzene rings is 1. The van der Waals surface area contributed by atoms with Crippen molar-refractivity contribution in [2.24, 2.45) is 0 Å². The average Bonchev–Trinajstić information content (AvgIpc) is 2.46. The molecule has 0 radical (unpaired) electrons. The Kier molecular flexibility index (Phi) is 5.52. The van der Waals surface area contributed by atoms with Crippen LogP contribution in [0.15, 0.2) is 12.1 Å². The number of amides is 1. The average molecular weight is 295 g/mol. The molecule has 0 fully saturated rings. The highest BCUT2D eigenvalue weighted by atomic mass is 16.6. The zero-order valence-corrected chi connectivity index (χ0v) is 13.0. The molecule has 0 heterocycles. The van der Waals surface area contributed by atoms with Crippen LogP contribution in [0.1, 0.15) is 24.2 Å². The summed E-state index contributed by atoms with van der Waals surface area (Å²) in [6.07, 6.45) is 0.